The zero-order valence-electron chi connectivity index (χ0n) is 14.0. The third-order valence-corrected chi connectivity index (χ3v) is 5.22. The van der Waals surface area contributed by atoms with Gasteiger partial charge in [0.2, 0.25) is 5.91 Å². The second-order valence-corrected chi connectivity index (χ2v) is 6.67. The summed E-state index contributed by atoms with van der Waals surface area (Å²) >= 11 is 0. The number of carbonyl (C=O) groups is 1. The summed E-state index contributed by atoms with van der Waals surface area (Å²) in [6, 6.07) is 0.174. The summed E-state index contributed by atoms with van der Waals surface area (Å²) in [5.41, 5.74) is 3.44. The average Bonchev–Trinajstić information content (AvgIpc) is 3.19. The van der Waals surface area contributed by atoms with Crippen molar-refractivity contribution in [1.29, 1.82) is 0 Å². The highest BCUT2D eigenvalue weighted by atomic mass is 16.5. The predicted octanol–water partition coefficient (Wildman–Crippen LogP) is 2.66. The maximum Gasteiger partial charge on any atom is 0.249 e. The van der Waals surface area contributed by atoms with E-state index < -0.39 is 0 Å². The maximum atomic E-state index is 12.6. The lowest BCUT2D eigenvalue weighted by Gasteiger charge is -2.26. The number of rotatable bonds is 4. The molecule has 0 spiro atoms. The number of aryl methyl sites for hydroxylation is 2. The Morgan fingerprint density at radius 3 is 2.59 bits per heavy atom. The average molecular weight is 305 g/mol. The molecular weight excluding hydrogens is 278 g/mol. The zero-order chi connectivity index (χ0) is 15.7. The van der Waals surface area contributed by atoms with E-state index in [1.54, 1.807) is 0 Å². The van der Waals surface area contributed by atoms with Crippen LogP contribution >= 0.6 is 0 Å². The first kappa shape index (κ1) is 15.5. The van der Waals surface area contributed by atoms with Crippen molar-refractivity contribution < 1.29 is 9.53 Å². The van der Waals surface area contributed by atoms with Crippen LogP contribution in [0.1, 0.15) is 61.5 Å². The molecule has 122 valence electrons. The predicted molar refractivity (Wildman–Crippen MR) is 84.6 cm³/mol. The molecule has 1 unspecified atom stereocenters. The van der Waals surface area contributed by atoms with E-state index in [2.05, 4.69) is 12.0 Å². The van der Waals surface area contributed by atoms with Crippen molar-refractivity contribution in [2.75, 3.05) is 13.2 Å². The Morgan fingerprint density at radius 2 is 1.95 bits per heavy atom. The van der Waals surface area contributed by atoms with Crippen LogP contribution in [-0.2, 0) is 16.6 Å². The fraction of sp³-hybridized carbons (Fsp3) is 0.765. The van der Waals surface area contributed by atoms with Gasteiger partial charge >= 0.3 is 0 Å². The molecule has 5 nitrogen and oxygen atoms in total. The molecule has 2 heterocycles. The van der Waals surface area contributed by atoms with Gasteiger partial charge in [0.25, 0.3) is 0 Å². The van der Waals surface area contributed by atoms with Crippen molar-refractivity contribution in [2.24, 2.45) is 7.05 Å². The van der Waals surface area contributed by atoms with Gasteiger partial charge < -0.3 is 9.64 Å². The van der Waals surface area contributed by atoms with Crippen molar-refractivity contribution in [1.82, 2.24) is 14.7 Å². The lowest BCUT2D eigenvalue weighted by Crippen LogP contribution is -2.35. The van der Waals surface area contributed by atoms with E-state index in [1.165, 1.54) is 24.1 Å². The van der Waals surface area contributed by atoms with Crippen LogP contribution in [0, 0.1) is 13.8 Å². The van der Waals surface area contributed by atoms with Crippen LogP contribution in [0.4, 0.5) is 0 Å². The van der Waals surface area contributed by atoms with Crippen LogP contribution in [0.5, 0.6) is 0 Å². The molecule has 3 rings (SSSR count). The number of nitrogens with zero attached hydrogens (tertiary/aromatic N) is 3. The van der Waals surface area contributed by atoms with Crippen molar-refractivity contribution in [3.8, 4) is 0 Å². The minimum absolute atomic E-state index is 0.136. The van der Waals surface area contributed by atoms with Gasteiger partial charge in [-0.1, -0.05) is 12.8 Å². The topological polar surface area (TPSA) is 47.4 Å². The van der Waals surface area contributed by atoms with Crippen molar-refractivity contribution in [3.63, 3.8) is 0 Å². The Balaban J connectivity index is 1.68. The van der Waals surface area contributed by atoms with Crippen LogP contribution in [0.15, 0.2) is 0 Å². The Kier molecular flexibility index (Phi) is 4.52. The maximum absolute atomic E-state index is 12.6. The third-order valence-electron chi connectivity index (χ3n) is 5.22. The van der Waals surface area contributed by atoms with Crippen molar-refractivity contribution in [3.05, 3.63) is 17.0 Å². The van der Waals surface area contributed by atoms with Gasteiger partial charge in [0, 0.05) is 24.8 Å². The van der Waals surface area contributed by atoms with E-state index in [0.717, 1.165) is 37.9 Å². The normalized spacial score (nSPS) is 22.7. The van der Waals surface area contributed by atoms with Crippen molar-refractivity contribution >= 4 is 5.91 Å². The number of amides is 1. The third kappa shape index (κ3) is 2.91. The minimum atomic E-state index is 0.136. The van der Waals surface area contributed by atoms with Crippen LogP contribution in [0.2, 0.25) is 0 Å². The summed E-state index contributed by atoms with van der Waals surface area (Å²) in [6.45, 7) is 5.20. The van der Waals surface area contributed by atoms with Gasteiger partial charge in [-0.15, -0.1) is 0 Å². The summed E-state index contributed by atoms with van der Waals surface area (Å²) in [6.07, 6.45) is 7.08. The number of ether oxygens (including phenoxy) is 1. The van der Waals surface area contributed by atoms with Crippen LogP contribution < -0.4 is 0 Å². The van der Waals surface area contributed by atoms with Gasteiger partial charge in [-0.25, -0.2) is 0 Å². The van der Waals surface area contributed by atoms with E-state index in [0.29, 0.717) is 6.10 Å². The Hall–Kier alpha value is -1.36. The number of likely N-dealkylation sites (tertiary alicyclic amines) is 1. The second-order valence-electron chi connectivity index (χ2n) is 6.67. The summed E-state index contributed by atoms with van der Waals surface area (Å²) in [5.74, 6) is 0.136. The summed E-state index contributed by atoms with van der Waals surface area (Å²) < 4.78 is 7.73. The molecule has 1 saturated carbocycles. The van der Waals surface area contributed by atoms with E-state index >= 15 is 0 Å². The highest BCUT2D eigenvalue weighted by Crippen LogP contribution is 2.35. The molecular formula is C17H27N3O2. The largest absolute Gasteiger partial charge is 0.368 e. The van der Waals surface area contributed by atoms with E-state index in [4.69, 9.17) is 4.74 Å². The molecule has 1 aliphatic carbocycles. The molecule has 1 amide bonds. The molecule has 5 heteroatoms. The summed E-state index contributed by atoms with van der Waals surface area (Å²) in [7, 11) is 1.97. The SMILES string of the molecule is Cc1nn(C)c(C)c1C1CCCN1C(=O)COC1CCCC1. The first-order valence-electron chi connectivity index (χ1n) is 8.49. The fourth-order valence-corrected chi connectivity index (χ4v) is 3.96. The standard InChI is InChI=1S/C17H27N3O2/c1-12-17(13(2)19(3)18-12)15-9-6-10-20(15)16(21)11-22-14-7-4-5-8-14/h14-15H,4-11H2,1-3H3. The smallest absolute Gasteiger partial charge is 0.249 e. The minimum Gasteiger partial charge on any atom is -0.368 e. The van der Waals surface area contributed by atoms with E-state index in [9.17, 15) is 4.79 Å². The molecule has 1 atom stereocenters. The molecule has 2 aliphatic rings. The molecule has 1 aromatic rings. The van der Waals surface area contributed by atoms with E-state index in [1.807, 2.05) is 23.6 Å². The highest BCUT2D eigenvalue weighted by Gasteiger charge is 2.33. The van der Waals surface area contributed by atoms with Gasteiger partial charge in [-0.05, 0) is 39.5 Å². The zero-order valence-corrected chi connectivity index (χ0v) is 14.0. The Morgan fingerprint density at radius 1 is 1.23 bits per heavy atom. The summed E-state index contributed by atoms with van der Waals surface area (Å²) in [5, 5.41) is 4.51. The van der Waals surface area contributed by atoms with Crippen LogP contribution in [0.3, 0.4) is 0 Å². The summed E-state index contributed by atoms with van der Waals surface area (Å²) in [4.78, 5) is 14.6. The van der Waals surface area contributed by atoms with Gasteiger partial charge in [-0.2, -0.15) is 5.10 Å². The molecule has 0 N–H and O–H groups in total. The van der Waals surface area contributed by atoms with E-state index in [-0.39, 0.29) is 18.6 Å². The van der Waals surface area contributed by atoms with Gasteiger partial charge in [-0.3, -0.25) is 9.48 Å². The lowest BCUT2D eigenvalue weighted by atomic mass is 10.0. The Bertz CT molecular complexity index is 546. The van der Waals surface area contributed by atoms with Gasteiger partial charge in [0.15, 0.2) is 0 Å². The highest BCUT2D eigenvalue weighted by molar-refractivity contribution is 5.78. The van der Waals surface area contributed by atoms with Crippen molar-refractivity contribution in [2.45, 2.75) is 64.5 Å². The second kappa shape index (κ2) is 6.41. The van der Waals surface area contributed by atoms with Gasteiger partial charge in [0.05, 0.1) is 17.8 Å². The van der Waals surface area contributed by atoms with Crippen LogP contribution in [0.25, 0.3) is 0 Å². The first-order chi connectivity index (χ1) is 10.6. The lowest BCUT2D eigenvalue weighted by molar-refractivity contribution is -0.139. The molecule has 1 aliphatic heterocycles. The molecule has 2 fully saturated rings. The number of aromatic nitrogens is 2. The molecule has 22 heavy (non-hydrogen) atoms. The molecule has 0 aromatic carbocycles. The fourth-order valence-electron chi connectivity index (χ4n) is 3.96. The molecule has 1 aromatic heterocycles. The number of hydrogen-bond donors (Lipinski definition) is 0. The number of hydrogen-bond acceptors (Lipinski definition) is 3. The molecule has 0 bridgehead atoms. The van der Waals surface area contributed by atoms with Crippen LogP contribution in [-0.4, -0.2) is 39.8 Å². The quantitative estimate of drug-likeness (QED) is 0.859. The first-order valence-corrected chi connectivity index (χ1v) is 8.49. The Labute approximate surface area is 132 Å². The molecule has 1 saturated heterocycles. The number of carbonyl (C=O) groups excluding carboxylic acids is 1. The molecule has 0 radical (unpaired) electrons. The monoisotopic (exact) mass is 305 g/mol. The van der Waals surface area contributed by atoms with Gasteiger partial charge in [0.1, 0.15) is 6.61 Å².